The van der Waals surface area contributed by atoms with E-state index in [1.807, 2.05) is 0 Å². The monoisotopic (exact) mass is 1060 g/mol. The summed E-state index contributed by atoms with van der Waals surface area (Å²) in [6.45, 7) is -6.15. The van der Waals surface area contributed by atoms with Gasteiger partial charge in [-0.3, -0.25) is 19.0 Å². The summed E-state index contributed by atoms with van der Waals surface area (Å²) >= 11 is 0. The van der Waals surface area contributed by atoms with Crippen LogP contribution in [0.5, 0.6) is 11.5 Å². The van der Waals surface area contributed by atoms with Crippen molar-refractivity contribution in [2.24, 2.45) is 0 Å². The van der Waals surface area contributed by atoms with Crippen LogP contribution < -0.4 is 20.1 Å². The number of anilines is 2. The van der Waals surface area contributed by atoms with E-state index >= 15 is 0 Å². The average molecular weight is 1060 g/mol. The van der Waals surface area contributed by atoms with Crippen molar-refractivity contribution < 1.29 is 72.5 Å². The molecule has 0 saturated carbocycles. The predicted molar refractivity (Wildman–Crippen MR) is 246 cm³/mol. The highest BCUT2D eigenvalue weighted by Gasteiger charge is 2.34. The molecule has 0 radical (unpaired) electrons. The number of sulfone groups is 2. The molecular weight excluding hydrogens is 1030 g/mol. The molecule has 8 heterocycles. The van der Waals surface area contributed by atoms with Gasteiger partial charge in [0.15, 0.2) is 43.1 Å². The molecule has 2 fully saturated rings. The van der Waals surface area contributed by atoms with Gasteiger partial charge in [-0.2, -0.15) is 38.0 Å². The van der Waals surface area contributed by atoms with Gasteiger partial charge >= 0.3 is 25.2 Å². The van der Waals surface area contributed by atoms with Gasteiger partial charge in [-0.25, -0.2) is 45.4 Å². The van der Waals surface area contributed by atoms with E-state index in [0.717, 1.165) is 48.9 Å². The van der Waals surface area contributed by atoms with Crippen LogP contribution in [0, 0.1) is 0 Å². The average Bonchev–Trinajstić information content (AvgIpc) is 4.22. The summed E-state index contributed by atoms with van der Waals surface area (Å²) in [6.07, 6.45) is 13.9. The standard InChI is InChI=1S/2C22H18F2N6O6S/c2*1-37(33,34)12-3-4-17(36-22(23)24)13(9-12)18-15(11-30(28-18)16-5-8-35-21(16)32)27-20(31)14-10-26-29-7-2-6-25-19(14)29/h2*2-4,6-7,9-11,16,22H,5,8H2,1H3,(H,27,31)/t2*16-/m10/s1. The number of nitrogens with one attached hydrogen (secondary N) is 2. The van der Waals surface area contributed by atoms with Crippen LogP contribution in [0.4, 0.5) is 28.9 Å². The lowest BCUT2D eigenvalue weighted by Gasteiger charge is -2.12. The molecule has 0 spiro atoms. The molecule has 74 heavy (non-hydrogen) atoms. The van der Waals surface area contributed by atoms with Crippen molar-refractivity contribution in [2.45, 2.75) is 47.9 Å². The predicted octanol–water partition coefficient (Wildman–Crippen LogP) is 4.68. The molecule has 0 unspecified atom stereocenters. The van der Waals surface area contributed by atoms with Gasteiger partial charge in [-0.1, -0.05) is 0 Å². The number of ether oxygens (including phenoxy) is 4. The van der Waals surface area contributed by atoms with Gasteiger partial charge in [0.05, 0.1) is 59.2 Å². The van der Waals surface area contributed by atoms with Gasteiger partial charge in [0, 0.05) is 61.3 Å². The Morgan fingerprint density at radius 2 is 1.07 bits per heavy atom. The summed E-state index contributed by atoms with van der Waals surface area (Å²) in [6, 6.07) is 8.19. The molecule has 2 aliphatic heterocycles. The third-order valence-electron chi connectivity index (χ3n) is 11.2. The molecule has 2 aromatic carbocycles. The van der Waals surface area contributed by atoms with Crippen molar-refractivity contribution in [3.05, 3.63) is 109 Å². The molecule has 2 aliphatic rings. The lowest BCUT2D eigenvalue weighted by molar-refractivity contribution is -0.141. The molecule has 8 aromatic rings. The fraction of sp³-hybridized carbons (Fsp3) is 0.227. The van der Waals surface area contributed by atoms with E-state index in [0.29, 0.717) is 0 Å². The molecule has 2 amide bonds. The highest BCUT2D eigenvalue weighted by Crippen LogP contribution is 2.40. The summed E-state index contributed by atoms with van der Waals surface area (Å²) in [4.78, 5) is 58.6. The fourth-order valence-corrected chi connectivity index (χ4v) is 9.03. The molecular formula is C44H36F4N12O12S2. The maximum Gasteiger partial charge on any atom is 0.387 e. The lowest BCUT2D eigenvalue weighted by atomic mass is 10.1. The summed E-state index contributed by atoms with van der Waals surface area (Å²) in [7, 11) is -7.50. The van der Waals surface area contributed by atoms with Crippen molar-refractivity contribution in [2.75, 3.05) is 36.4 Å². The molecule has 2 atom stereocenters. The van der Waals surface area contributed by atoms with Crippen molar-refractivity contribution >= 4 is 66.1 Å². The molecule has 24 nitrogen and oxygen atoms in total. The number of carbonyl (C=O) groups excluding carboxylic acids is 4. The summed E-state index contributed by atoms with van der Waals surface area (Å²) < 4.78 is 126. The van der Waals surface area contributed by atoms with Gasteiger partial charge < -0.3 is 29.6 Å². The van der Waals surface area contributed by atoms with Gasteiger partial charge in [0.2, 0.25) is 0 Å². The minimum atomic E-state index is -3.75. The first-order chi connectivity index (χ1) is 35.2. The number of amides is 2. The van der Waals surface area contributed by atoms with E-state index in [1.54, 1.807) is 24.5 Å². The number of nitrogens with zero attached hydrogens (tertiary/aromatic N) is 10. The number of hydrogen-bond donors (Lipinski definition) is 2. The normalized spacial score (nSPS) is 15.8. The first-order valence-corrected chi connectivity index (χ1v) is 25.3. The van der Waals surface area contributed by atoms with E-state index in [4.69, 9.17) is 9.47 Å². The Kier molecular flexibility index (Phi) is 13.6. The van der Waals surface area contributed by atoms with E-state index in [1.165, 1.54) is 55.6 Å². The van der Waals surface area contributed by atoms with Gasteiger partial charge in [0.25, 0.3) is 11.8 Å². The van der Waals surface area contributed by atoms with Crippen LogP contribution in [0.3, 0.4) is 0 Å². The van der Waals surface area contributed by atoms with E-state index in [9.17, 15) is 53.6 Å². The van der Waals surface area contributed by atoms with Crippen LogP contribution >= 0.6 is 0 Å². The molecule has 2 N–H and O–H groups in total. The van der Waals surface area contributed by atoms with Crippen LogP contribution in [0.1, 0.15) is 45.6 Å². The van der Waals surface area contributed by atoms with Crippen LogP contribution in [-0.4, -0.2) is 128 Å². The van der Waals surface area contributed by atoms with Gasteiger partial charge in [0.1, 0.15) is 34.0 Å². The Hall–Kier alpha value is -8.80. The summed E-state index contributed by atoms with van der Waals surface area (Å²) in [5.41, 5.74) is 0.264. The number of hydrogen-bond acceptors (Lipinski definition) is 18. The number of fused-ring (bicyclic) bond motifs is 2. The molecule has 6 aromatic heterocycles. The number of rotatable bonds is 14. The van der Waals surface area contributed by atoms with Crippen LogP contribution in [0.15, 0.2) is 108 Å². The van der Waals surface area contributed by atoms with Crippen LogP contribution in [0.2, 0.25) is 0 Å². The topological polar surface area (TPSA) is 294 Å². The highest BCUT2D eigenvalue weighted by molar-refractivity contribution is 7.91. The zero-order valence-electron chi connectivity index (χ0n) is 38.1. The molecule has 10 rings (SSSR count). The number of carbonyl (C=O) groups is 4. The third kappa shape index (κ3) is 10.4. The quantitative estimate of drug-likeness (QED) is 0.110. The molecule has 0 aliphatic carbocycles. The lowest BCUT2D eigenvalue weighted by Crippen LogP contribution is -2.15. The van der Waals surface area contributed by atoms with Crippen LogP contribution in [0.25, 0.3) is 33.8 Å². The molecule has 2 saturated heterocycles. The minimum absolute atomic E-state index is 0.00440. The Morgan fingerprint density at radius 1 is 0.662 bits per heavy atom. The van der Waals surface area contributed by atoms with Gasteiger partial charge in [-0.15, -0.1) is 0 Å². The minimum Gasteiger partial charge on any atom is -0.464 e. The highest BCUT2D eigenvalue weighted by atomic mass is 32.2. The maximum absolute atomic E-state index is 13.2. The molecule has 30 heteroatoms. The first kappa shape index (κ1) is 50.2. The fourth-order valence-electron chi connectivity index (χ4n) is 7.74. The zero-order chi connectivity index (χ0) is 52.6. The van der Waals surface area contributed by atoms with Crippen molar-refractivity contribution in [1.82, 2.24) is 48.8 Å². The Labute approximate surface area is 413 Å². The zero-order valence-corrected chi connectivity index (χ0v) is 39.7. The number of benzene rings is 2. The van der Waals surface area contributed by atoms with E-state index < -0.39 is 68.7 Å². The second-order valence-electron chi connectivity index (χ2n) is 16.1. The molecule has 0 bridgehead atoms. The summed E-state index contributed by atoms with van der Waals surface area (Å²) in [5.74, 6) is -3.19. The third-order valence-corrected chi connectivity index (χ3v) is 13.4. The number of cyclic esters (lactones) is 2. The summed E-state index contributed by atoms with van der Waals surface area (Å²) in [5, 5.41) is 22.1. The first-order valence-electron chi connectivity index (χ1n) is 21.5. The Bertz CT molecular complexity index is 3510. The number of alkyl halides is 4. The SMILES string of the molecule is CS(=O)(=O)c1ccc(OC(F)F)c(-c2nn([C@@H]3CCOC3=O)cc2NC(=O)c2cnn3cccnc23)c1.CS(=O)(=O)c1ccc(OC(F)F)c(-c2nn([C@H]3CCOC3=O)cc2NC(=O)c2cnn3cccnc23)c1. The largest absolute Gasteiger partial charge is 0.464 e. The molecule has 384 valence electrons. The Balaban J connectivity index is 0.000000182. The van der Waals surface area contributed by atoms with Gasteiger partial charge in [-0.05, 0) is 48.5 Å². The number of esters is 2. The van der Waals surface area contributed by atoms with E-state index in [2.05, 4.69) is 50.5 Å². The number of aromatic nitrogens is 10. The van der Waals surface area contributed by atoms with E-state index in [-0.39, 0.29) is 104 Å². The van der Waals surface area contributed by atoms with Crippen molar-refractivity contribution in [3.8, 4) is 34.0 Å². The van der Waals surface area contributed by atoms with Crippen molar-refractivity contribution in [3.63, 3.8) is 0 Å². The number of halogens is 4. The second-order valence-corrected chi connectivity index (χ2v) is 20.1. The van der Waals surface area contributed by atoms with Crippen molar-refractivity contribution in [1.29, 1.82) is 0 Å². The smallest absolute Gasteiger partial charge is 0.387 e. The Morgan fingerprint density at radius 3 is 1.42 bits per heavy atom. The maximum atomic E-state index is 13.2. The second kappa shape index (κ2) is 20.0. The van der Waals surface area contributed by atoms with Crippen LogP contribution in [-0.2, 0) is 38.7 Å².